The van der Waals surface area contributed by atoms with Gasteiger partial charge in [-0.2, -0.15) is 5.26 Å². The number of nitrogens with one attached hydrogen (secondary N) is 2. The van der Waals surface area contributed by atoms with E-state index in [1.807, 2.05) is 44.4 Å². The first-order valence-electron chi connectivity index (χ1n) is 12.9. The SMILES string of the molecule is CNc1ccc(N(c2ccc(/C=C(\C#N)C(=O)O)cc2)c2ccc(NC)c3ccccc23)c2c1C=CC(C)C2. The smallest absolute Gasteiger partial charge is 0.346 e. The Morgan fingerprint density at radius 1 is 0.949 bits per heavy atom. The molecule has 5 rings (SSSR count). The lowest BCUT2D eigenvalue weighted by atomic mass is 9.87. The molecule has 1 unspecified atom stereocenters. The van der Waals surface area contributed by atoms with Crippen LogP contribution in [0.4, 0.5) is 28.4 Å². The highest BCUT2D eigenvalue weighted by Crippen LogP contribution is 2.45. The van der Waals surface area contributed by atoms with Gasteiger partial charge in [0.05, 0.1) is 11.4 Å². The van der Waals surface area contributed by atoms with Crippen molar-refractivity contribution in [2.45, 2.75) is 13.3 Å². The fourth-order valence-corrected chi connectivity index (χ4v) is 5.27. The van der Waals surface area contributed by atoms with E-state index in [1.54, 1.807) is 6.07 Å². The topological polar surface area (TPSA) is 88.4 Å². The van der Waals surface area contributed by atoms with Crippen LogP contribution in [-0.2, 0) is 11.2 Å². The summed E-state index contributed by atoms with van der Waals surface area (Å²) in [4.78, 5) is 13.6. The molecule has 0 bridgehead atoms. The predicted molar refractivity (Wildman–Crippen MR) is 161 cm³/mol. The first-order chi connectivity index (χ1) is 18.9. The molecule has 1 aliphatic rings. The molecular weight excluding hydrogens is 484 g/mol. The third kappa shape index (κ3) is 4.83. The molecule has 6 nitrogen and oxygen atoms in total. The Kier molecular flexibility index (Phi) is 7.07. The van der Waals surface area contributed by atoms with E-state index in [1.165, 1.54) is 17.2 Å². The van der Waals surface area contributed by atoms with Gasteiger partial charge in [-0.25, -0.2) is 4.79 Å². The summed E-state index contributed by atoms with van der Waals surface area (Å²) in [6, 6.07) is 26.3. The van der Waals surface area contributed by atoms with E-state index in [0.29, 0.717) is 11.5 Å². The largest absolute Gasteiger partial charge is 0.477 e. The zero-order chi connectivity index (χ0) is 27.5. The number of nitriles is 1. The lowest BCUT2D eigenvalue weighted by Crippen LogP contribution is -2.16. The van der Waals surface area contributed by atoms with Gasteiger partial charge in [-0.1, -0.05) is 55.5 Å². The molecule has 0 saturated carbocycles. The van der Waals surface area contributed by atoms with Gasteiger partial charge in [0.2, 0.25) is 0 Å². The van der Waals surface area contributed by atoms with Crippen LogP contribution in [0.25, 0.3) is 22.9 Å². The summed E-state index contributed by atoms with van der Waals surface area (Å²) in [5, 5.41) is 27.4. The second kappa shape index (κ2) is 10.8. The third-order valence-electron chi connectivity index (χ3n) is 7.18. The average Bonchev–Trinajstić information content (AvgIpc) is 2.96. The van der Waals surface area contributed by atoms with Gasteiger partial charge in [0.15, 0.2) is 0 Å². The number of benzene rings is 4. The molecule has 3 N–H and O–H groups in total. The summed E-state index contributed by atoms with van der Waals surface area (Å²) in [5.74, 6) is -0.834. The second-order valence-corrected chi connectivity index (χ2v) is 9.64. The molecule has 0 fully saturated rings. The van der Waals surface area contributed by atoms with Crippen molar-refractivity contribution < 1.29 is 9.90 Å². The maximum Gasteiger partial charge on any atom is 0.346 e. The van der Waals surface area contributed by atoms with Gasteiger partial charge in [0.1, 0.15) is 11.6 Å². The van der Waals surface area contributed by atoms with E-state index in [-0.39, 0.29) is 5.57 Å². The van der Waals surface area contributed by atoms with Crippen LogP contribution in [0.3, 0.4) is 0 Å². The number of allylic oxidation sites excluding steroid dienone is 1. The van der Waals surface area contributed by atoms with Gasteiger partial charge >= 0.3 is 5.97 Å². The van der Waals surface area contributed by atoms with Crippen molar-refractivity contribution in [3.63, 3.8) is 0 Å². The lowest BCUT2D eigenvalue weighted by molar-refractivity contribution is -0.132. The molecule has 0 heterocycles. The number of carboxylic acids is 1. The molecule has 194 valence electrons. The van der Waals surface area contributed by atoms with Gasteiger partial charge < -0.3 is 20.6 Å². The van der Waals surface area contributed by atoms with Crippen LogP contribution in [0.15, 0.2) is 84.4 Å². The van der Waals surface area contributed by atoms with Crippen molar-refractivity contribution in [2.24, 2.45) is 5.92 Å². The first kappa shape index (κ1) is 25.6. The van der Waals surface area contributed by atoms with Crippen molar-refractivity contribution in [1.29, 1.82) is 5.26 Å². The standard InChI is InChI=1S/C33H30N4O2/c1-21-8-13-26-28(18-21)32(17-15-30(26)36-3)37(24-11-9-22(10-12-24)19-23(20-34)33(38)39)31-16-14-29(35-2)25-6-4-5-7-27(25)31/h4-17,19,21,35-36H,18H2,1-3H3,(H,38,39)/b23-19+. The van der Waals surface area contributed by atoms with Crippen molar-refractivity contribution in [1.82, 2.24) is 0 Å². The van der Waals surface area contributed by atoms with E-state index in [2.05, 4.69) is 77.1 Å². The predicted octanol–water partition coefficient (Wildman–Crippen LogP) is 7.59. The monoisotopic (exact) mass is 514 g/mol. The minimum atomic E-state index is -1.24. The third-order valence-corrected chi connectivity index (χ3v) is 7.18. The molecule has 4 aromatic carbocycles. The normalized spacial score (nSPS) is 14.4. The number of anilines is 5. The average molecular weight is 515 g/mol. The number of nitrogens with zero attached hydrogens (tertiary/aromatic N) is 2. The molecule has 0 aromatic heterocycles. The minimum Gasteiger partial charge on any atom is -0.477 e. The summed E-state index contributed by atoms with van der Waals surface area (Å²) < 4.78 is 0. The lowest BCUT2D eigenvalue weighted by Gasteiger charge is -2.32. The molecule has 0 radical (unpaired) electrons. The molecule has 0 spiro atoms. The summed E-state index contributed by atoms with van der Waals surface area (Å²) in [5.41, 5.74) is 8.01. The maximum atomic E-state index is 11.4. The van der Waals surface area contributed by atoms with Gasteiger partial charge in [-0.15, -0.1) is 0 Å². The Hall–Kier alpha value is -5.02. The number of hydrogen-bond acceptors (Lipinski definition) is 5. The van der Waals surface area contributed by atoms with Crippen LogP contribution in [0.5, 0.6) is 0 Å². The molecule has 1 aliphatic carbocycles. The molecule has 0 aliphatic heterocycles. The van der Waals surface area contributed by atoms with Gasteiger partial charge in [0.25, 0.3) is 0 Å². The van der Waals surface area contributed by atoms with Crippen LogP contribution in [0.1, 0.15) is 23.6 Å². The van der Waals surface area contributed by atoms with E-state index < -0.39 is 5.97 Å². The van der Waals surface area contributed by atoms with Crippen LogP contribution >= 0.6 is 0 Å². The summed E-state index contributed by atoms with van der Waals surface area (Å²) in [6.45, 7) is 2.23. The van der Waals surface area contributed by atoms with E-state index in [9.17, 15) is 15.2 Å². The van der Waals surface area contributed by atoms with Crippen molar-refractivity contribution in [3.05, 3.63) is 101 Å². The highest BCUT2D eigenvalue weighted by atomic mass is 16.4. The Morgan fingerprint density at radius 3 is 2.28 bits per heavy atom. The summed E-state index contributed by atoms with van der Waals surface area (Å²) in [6.07, 6.45) is 6.77. The minimum absolute atomic E-state index is 0.300. The number of carbonyl (C=O) groups is 1. The molecule has 6 heteroatoms. The summed E-state index contributed by atoms with van der Waals surface area (Å²) >= 11 is 0. The Morgan fingerprint density at radius 2 is 1.62 bits per heavy atom. The Balaban J connectivity index is 1.76. The van der Waals surface area contributed by atoms with E-state index in [4.69, 9.17) is 0 Å². The van der Waals surface area contributed by atoms with E-state index >= 15 is 0 Å². The molecule has 0 saturated heterocycles. The fourth-order valence-electron chi connectivity index (χ4n) is 5.27. The van der Waals surface area contributed by atoms with Crippen molar-refractivity contribution >= 4 is 57.3 Å². The van der Waals surface area contributed by atoms with Crippen LogP contribution in [0.2, 0.25) is 0 Å². The molecule has 0 amide bonds. The zero-order valence-electron chi connectivity index (χ0n) is 22.2. The molecule has 39 heavy (non-hydrogen) atoms. The highest BCUT2D eigenvalue weighted by Gasteiger charge is 2.24. The van der Waals surface area contributed by atoms with Crippen molar-refractivity contribution in [3.8, 4) is 6.07 Å². The quantitative estimate of drug-likeness (QED) is 0.174. The van der Waals surface area contributed by atoms with E-state index in [0.717, 1.165) is 45.6 Å². The van der Waals surface area contributed by atoms with Gasteiger partial charge in [0, 0.05) is 47.5 Å². The maximum absolute atomic E-state index is 11.4. The molecular formula is C33H30N4O2. The number of hydrogen-bond donors (Lipinski definition) is 3. The summed E-state index contributed by atoms with van der Waals surface area (Å²) in [7, 11) is 3.88. The first-order valence-corrected chi connectivity index (χ1v) is 12.9. The van der Waals surface area contributed by atoms with Crippen molar-refractivity contribution in [2.75, 3.05) is 29.6 Å². The molecule has 1 atom stereocenters. The Bertz CT molecular complexity index is 1660. The van der Waals surface area contributed by atoms with Crippen LogP contribution in [-0.4, -0.2) is 25.2 Å². The number of aliphatic carboxylic acids is 1. The number of fused-ring (bicyclic) bond motifs is 2. The zero-order valence-corrected chi connectivity index (χ0v) is 22.2. The second-order valence-electron chi connectivity index (χ2n) is 9.64. The van der Waals surface area contributed by atoms with Crippen LogP contribution < -0.4 is 15.5 Å². The number of carboxylic acid groups (broad SMARTS) is 1. The van der Waals surface area contributed by atoms with Gasteiger partial charge in [-0.3, -0.25) is 0 Å². The van der Waals surface area contributed by atoms with Crippen LogP contribution in [0, 0.1) is 17.2 Å². The highest BCUT2D eigenvalue weighted by molar-refractivity contribution is 6.05. The molecule has 4 aromatic rings. The van der Waals surface area contributed by atoms with Gasteiger partial charge in [-0.05, 0) is 65.9 Å². The fraction of sp³-hybridized carbons (Fsp3) is 0.152. The number of rotatable bonds is 7. The Labute approximate surface area is 228 Å².